The smallest absolute Gasteiger partial charge is 0.273 e. The molecule has 0 aliphatic carbocycles. The molecular weight excluding hydrogens is 206 g/mol. The Labute approximate surface area is 92.3 Å². The molecule has 2 heterocycles. The quantitative estimate of drug-likeness (QED) is 0.725. The summed E-state index contributed by atoms with van der Waals surface area (Å²) in [7, 11) is 0. The number of aromatic nitrogens is 2. The summed E-state index contributed by atoms with van der Waals surface area (Å²) in [5.41, 5.74) is 3.57. The first-order valence-corrected chi connectivity index (χ1v) is 5.01. The number of fused-ring (bicyclic) bond motifs is 1. The van der Waals surface area contributed by atoms with Crippen molar-refractivity contribution in [2.24, 2.45) is 0 Å². The molecule has 0 fully saturated rings. The molecular formula is C11H13N3O2. The molecule has 1 unspecified atom stereocenters. The molecule has 0 aliphatic heterocycles. The lowest BCUT2D eigenvalue weighted by Crippen LogP contribution is -2.35. The fourth-order valence-electron chi connectivity index (χ4n) is 1.58. The summed E-state index contributed by atoms with van der Waals surface area (Å²) in [5.74, 6) is 0. The molecule has 0 aliphatic rings. The zero-order chi connectivity index (χ0) is 11.7. The van der Waals surface area contributed by atoms with Crippen LogP contribution in [-0.2, 0) is 0 Å². The van der Waals surface area contributed by atoms with Crippen LogP contribution in [-0.4, -0.2) is 21.0 Å². The third kappa shape index (κ3) is 1.77. The van der Waals surface area contributed by atoms with Crippen LogP contribution in [0.2, 0.25) is 0 Å². The van der Waals surface area contributed by atoms with Crippen molar-refractivity contribution in [1.29, 1.82) is 0 Å². The zero-order valence-electron chi connectivity index (χ0n) is 9.14. The highest BCUT2D eigenvalue weighted by atomic mass is 16.3. The van der Waals surface area contributed by atoms with Gasteiger partial charge in [0.15, 0.2) is 5.65 Å². The monoisotopic (exact) mass is 219 g/mol. The first-order valence-electron chi connectivity index (χ1n) is 5.01. The molecule has 2 aromatic rings. The average molecular weight is 219 g/mol. The van der Waals surface area contributed by atoms with Crippen LogP contribution in [0.1, 0.15) is 12.5 Å². The van der Waals surface area contributed by atoms with Crippen molar-refractivity contribution in [3.8, 4) is 0 Å². The maximum absolute atomic E-state index is 11.9. The van der Waals surface area contributed by atoms with Crippen LogP contribution in [0.25, 0.3) is 11.0 Å². The van der Waals surface area contributed by atoms with Crippen LogP contribution < -0.4 is 11.0 Å². The number of hydrogen-bond donors (Lipinski definition) is 2. The summed E-state index contributed by atoms with van der Waals surface area (Å²) in [5, 5.41) is 10.1. The van der Waals surface area contributed by atoms with Crippen LogP contribution in [0.3, 0.4) is 0 Å². The Hall–Kier alpha value is -1.88. The van der Waals surface area contributed by atoms with Crippen LogP contribution in [0, 0.1) is 6.92 Å². The molecule has 0 saturated heterocycles. The van der Waals surface area contributed by atoms with Gasteiger partial charge in [0.1, 0.15) is 6.23 Å². The molecule has 0 radical (unpaired) electrons. The second-order valence-electron chi connectivity index (χ2n) is 3.69. The topological polar surface area (TPSA) is 67.2 Å². The minimum absolute atomic E-state index is 0.202. The SMILES string of the molecule is Cc1cc2cccnc2n(NC(C)O)c1=O. The zero-order valence-corrected chi connectivity index (χ0v) is 9.14. The fourth-order valence-corrected chi connectivity index (χ4v) is 1.58. The van der Waals surface area contributed by atoms with Gasteiger partial charge >= 0.3 is 0 Å². The van der Waals surface area contributed by atoms with Gasteiger partial charge in [-0.05, 0) is 32.0 Å². The van der Waals surface area contributed by atoms with E-state index in [1.54, 1.807) is 32.2 Å². The van der Waals surface area contributed by atoms with Crippen LogP contribution >= 0.6 is 0 Å². The Balaban J connectivity index is 2.76. The minimum Gasteiger partial charge on any atom is -0.373 e. The Morgan fingerprint density at radius 3 is 3.00 bits per heavy atom. The van der Waals surface area contributed by atoms with Gasteiger partial charge in [0, 0.05) is 17.1 Å². The summed E-state index contributed by atoms with van der Waals surface area (Å²) in [6, 6.07) is 5.46. The summed E-state index contributed by atoms with van der Waals surface area (Å²) in [6.45, 7) is 3.28. The van der Waals surface area contributed by atoms with E-state index in [0.29, 0.717) is 11.2 Å². The summed E-state index contributed by atoms with van der Waals surface area (Å²) in [6.07, 6.45) is 0.793. The van der Waals surface area contributed by atoms with Crippen LogP contribution in [0.15, 0.2) is 29.2 Å². The molecule has 5 heteroatoms. The van der Waals surface area contributed by atoms with Crippen molar-refractivity contribution < 1.29 is 5.11 Å². The van der Waals surface area contributed by atoms with Gasteiger partial charge in [0.05, 0.1) is 0 Å². The van der Waals surface area contributed by atoms with E-state index in [9.17, 15) is 9.90 Å². The van der Waals surface area contributed by atoms with Gasteiger partial charge in [-0.15, -0.1) is 0 Å². The predicted octanol–water partition coefficient (Wildman–Crippen LogP) is 0.587. The van der Waals surface area contributed by atoms with Gasteiger partial charge in [0.2, 0.25) is 0 Å². The van der Waals surface area contributed by atoms with Crippen molar-refractivity contribution in [2.45, 2.75) is 20.1 Å². The highest BCUT2D eigenvalue weighted by Gasteiger charge is 2.07. The molecule has 5 nitrogen and oxygen atoms in total. The molecule has 2 N–H and O–H groups in total. The average Bonchev–Trinajstić information content (AvgIpc) is 2.24. The Morgan fingerprint density at radius 2 is 2.31 bits per heavy atom. The molecule has 0 saturated carbocycles. The molecule has 2 aromatic heterocycles. The van der Waals surface area contributed by atoms with E-state index in [-0.39, 0.29) is 5.56 Å². The second kappa shape index (κ2) is 3.94. The number of aryl methyl sites for hydroxylation is 1. The molecule has 0 bridgehead atoms. The lowest BCUT2D eigenvalue weighted by molar-refractivity contribution is 0.208. The van der Waals surface area contributed by atoms with E-state index in [4.69, 9.17) is 0 Å². The maximum atomic E-state index is 11.9. The largest absolute Gasteiger partial charge is 0.373 e. The number of hydrogen-bond acceptors (Lipinski definition) is 4. The predicted molar refractivity (Wildman–Crippen MR) is 61.8 cm³/mol. The van der Waals surface area contributed by atoms with Crippen LogP contribution in [0.4, 0.5) is 0 Å². The number of pyridine rings is 2. The summed E-state index contributed by atoms with van der Waals surface area (Å²) in [4.78, 5) is 16.0. The molecule has 0 amide bonds. The van der Waals surface area contributed by atoms with E-state index in [2.05, 4.69) is 10.4 Å². The van der Waals surface area contributed by atoms with Gasteiger partial charge in [0.25, 0.3) is 5.56 Å². The number of nitrogens with one attached hydrogen (secondary N) is 1. The van der Waals surface area contributed by atoms with Crippen molar-refractivity contribution in [3.63, 3.8) is 0 Å². The highest BCUT2D eigenvalue weighted by Crippen LogP contribution is 2.09. The van der Waals surface area contributed by atoms with E-state index in [0.717, 1.165) is 5.39 Å². The fraction of sp³-hybridized carbons (Fsp3) is 0.273. The number of rotatable bonds is 2. The molecule has 1 atom stereocenters. The van der Waals surface area contributed by atoms with E-state index >= 15 is 0 Å². The normalized spacial score (nSPS) is 12.7. The molecule has 2 rings (SSSR count). The third-order valence-corrected chi connectivity index (χ3v) is 2.26. The maximum Gasteiger partial charge on any atom is 0.273 e. The van der Waals surface area contributed by atoms with E-state index < -0.39 is 6.23 Å². The van der Waals surface area contributed by atoms with Crippen molar-refractivity contribution in [2.75, 3.05) is 5.43 Å². The van der Waals surface area contributed by atoms with Crippen molar-refractivity contribution in [1.82, 2.24) is 9.66 Å². The number of aliphatic hydroxyl groups is 1. The number of nitrogens with zero attached hydrogens (tertiary/aromatic N) is 2. The second-order valence-corrected chi connectivity index (χ2v) is 3.69. The van der Waals surface area contributed by atoms with Gasteiger partial charge in [-0.25, -0.2) is 9.66 Å². The molecule has 0 spiro atoms. The van der Waals surface area contributed by atoms with Gasteiger partial charge in [-0.3, -0.25) is 10.2 Å². The molecule has 16 heavy (non-hydrogen) atoms. The Kier molecular flexibility index (Phi) is 2.62. The molecule has 84 valence electrons. The van der Waals surface area contributed by atoms with Crippen molar-refractivity contribution in [3.05, 3.63) is 40.3 Å². The minimum atomic E-state index is -0.815. The lowest BCUT2D eigenvalue weighted by Gasteiger charge is -2.14. The van der Waals surface area contributed by atoms with Gasteiger partial charge in [-0.1, -0.05) is 0 Å². The Bertz CT molecular complexity index is 575. The van der Waals surface area contributed by atoms with Crippen LogP contribution in [0.5, 0.6) is 0 Å². The first kappa shape index (κ1) is 10.6. The first-order chi connectivity index (χ1) is 7.59. The summed E-state index contributed by atoms with van der Waals surface area (Å²) >= 11 is 0. The standard InChI is InChI=1S/C11H13N3O2/c1-7-6-9-4-3-5-12-10(9)14(11(7)16)13-8(2)15/h3-6,8,13,15H,1-2H3. The summed E-state index contributed by atoms with van der Waals surface area (Å²) < 4.78 is 1.27. The van der Waals surface area contributed by atoms with Crippen molar-refractivity contribution >= 4 is 11.0 Å². The Morgan fingerprint density at radius 1 is 1.56 bits per heavy atom. The van der Waals surface area contributed by atoms with E-state index in [1.165, 1.54) is 4.68 Å². The lowest BCUT2D eigenvalue weighted by atomic mass is 10.2. The third-order valence-electron chi connectivity index (χ3n) is 2.26. The van der Waals surface area contributed by atoms with Gasteiger partial charge < -0.3 is 5.11 Å². The number of aliphatic hydroxyl groups excluding tert-OH is 1. The highest BCUT2D eigenvalue weighted by molar-refractivity contribution is 5.75. The molecule has 0 aromatic carbocycles. The van der Waals surface area contributed by atoms with Gasteiger partial charge in [-0.2, -0.15) is 0 Å². The van der Waals surface area contributed by atoms with E-state index in [1.807, 2.05) is 6.07 Å².